The molecule has 8 nitrogen and oxygen atoms in total. The molecule has 0 fully saturated rings. The van der Waals surface area contributed by atoms with E-state index in [0.29, 0.717) is 45.0 Å². The molecule has 9 rings (SSSR count). The summed E-state index contributed by atoms with van der Waals surface area (Å²) in [6, 6.07) is 44.1. The van der Waals surface area contributed by atoms with Crippen LogP contribution in [0.4, 0.5) is 22.7 Å². The standard InChI is InChI=1S/C55H48N4O4/c1-30(2)45-25-37(38-14-23-50(46(26-38)31(3)4)58-52(60)43-21-12-35(27-48(43)54(58)62)33-7-16-40(56)17-8-33)11-20-42(45)39-15-24-51(47(29-39)32(5)6)59-53(61)44-22-13-36(28-49(44)55(59)63)34-9-18-41(57)19-10-34/h7-32H,56-57H2,1-6H3. The topological polar surface area (TPSA) is 127 Å². The third kappa shape index (κ3) is 7.07. The molecule has 0 saturated heterocycles. The summed E-state index contributed by atoms with van der Waals surface area (Å²) in [6.45, 7) is 12.6. The van der Waals surface area contributed by atoms with E-state index in [4.69, 9.17) is 11.5 Å². The highest BCUT2D eigenvalue weighted by molar-refractivity contribution is 6.36. The van der Waals surface area contributed by atoms with Gasteiger partial charge in [-0.3, -0.25) is 19.2 Å². The van der Waals surface area contributed by atoms with Crippen LogP contribution in [-0.2, 0) is 0 Å². The molecule has 0 radical (unpaired) electrons. The first-order valence-electron chi connectivity index (χ1n) is 21.4. The maximum Gasteiger partial charge on any atom is 0.266 e. The van der Waals surface area contributed by atoms with Gasteiger partial charge >= 0.3 is 0 Å². The first-order chi connectivity index (χ1) is 30.2. The van der Waals surface area contributed by atoms with Gasteiger partial charge in [0.1, 0.15) is 0 Å². The maximum absolute atomic E-state index is 14.1. The SMILES string of the molecule is CC(C)c1cc(-c2ccc(N3C(=O)c4ccc(-c5ccc(N)cc5)cc4C3=O)c(C(C)C)c2)ccc1-c1ccc(N2C(=O)c3ccc(-c4ccc(N)cc4)cc3C2=O)c(C(C)C)c1. The van der Waals surface area contributed by atoms with Crippen LogP contribution in [0.3, 0.4) is 0 Å². The van der Waals surface area contributed by atoms with Gasteiger partial charge in [0.25, 0.3) is 23.6 Å². The van der Waals surface area contributed by atoms with Gasteiger partial charge in [0.2, 0.25) is 0 Å². The Bertz CT molecular complexity index is 3040. The van der Waals surface area contributed by atoms with Crippen LogP contribution >= 0.6 is 0 Å². The average Bonchev–Trinajstić information content (AvgIpc) is 3.68. The van der Waals surface area contributed by atoms with Crippen LogP contribution in [0.5, 0.6) is 0 Å². The third-order valence-electron chi connectivity index (χ3n) is 12.4. The molecule has 0 bridgehead atoms. The number of hydrogen-bond donors (Lipinski definition) is 2. The van der Waals surface area contributed by atoms with Crippen LogP contribution in [0.25, 0.3) is 44.5 Å². The van der Waals surface area contributed by atoms with Gasteiger partial charge in [-0.2, -0.15) is 0 Å². The van der Waals surface area contributed by atoms with E-state index in [2.05, 4.69) is 71.9 Å². The number of nitrogens with zero attached hydrogens (tertiary/aromatic N) is 2. The van der Waals surface area contributed by atoms with E-state index < -0.39 is 0 Å². The minimum atomic E-state index is -0.341. The highest BCUT2D eigenvalue weighted by Crippen LogP contribution is 2.42. The number of nitrogen functional groups attached to an aromatic ring is 2. The Morgan fingerprint density at radius 1 is 0.317 bits per heavy atom. The molecule has 63 heavy (non-hydrogen) atoms. The van der Waals surface area contributed by atoms with Crippen LogP contribution in [0, 0.1) is 0 Å². The summed E-state index contributed by atoms with van der Waals surface area (Å²) in [7, 11) is 0. The Kier molecular flexibility index (Phi) is 10.2. The second kappa shape index (κ2) is 15.7. The molecule has 0 aliphatic carbocycles. The van der Waals surface area contributed by atoms with Crippen LogP contribution in [-0.4, -0.2) is 23.6 Å². The summed E-state index contributed by atoms with van der Waals surface area (Å²) in [4.78, 5) is 58.5. The number of anilines is 4. The fourth-order valence-electron chi connectivity index (χ4n) is 8.90. The van der Waals surface area contributed by atoms with Crippen molar-refractivity contribution < 1.29 is 19.2 Å². The number of imide groups is 2. The first-order valence-corrected chi connectivity index (χ1v) is 21.4. The molecule has 7 aromatic carbocycles. The zero-order valence-electron chi connectivity index (χ0n) is 36.2. The molecular weight excluding hydrogens is 781 g/mol. The van der Waals surface area contributed by atoms with Crippen molar-refractivity contribution >= 4 is 46.4 Å². The van der Waals surface area contributed by atoms with Crippen molar-refractivity contribution in [1.82, 2.24) is 0 Å². The molecule has 7 aromatic rings. The van der Waals surface area contributed by atoms with Crippen molar-refractivity contribution in [2.45, 2.75) is 59.3 Å². The summed E-state index contributed by atoms with van der Waals surface area (Å²) in [5.41, 5.74) is 26.3. The van der Waals surface area contributed by atoms with E-state index in [1.54, 1.807) is 24.3 Å². The van der Waals surface area contributed by atoms with Gasteiger partial charge in [-0.25, -0.2) is 9.80 Å². The van der Waals surface area contributed by atoms with Gasteiger partial charge in [0.15, 0.2) is 0 Å². The summed E-state index contributed by atoms with van der Waals surface area (Å²) in [5, 5.41) is 0. The molecule has 2 heterocycles. The van der Waals surface area contributed by atoms with Crippen LogP contribution in [0.2, 0.25) is 0 Å². The highest BCUT2D eigenvalue weighted by atomic mass is 16.2. The molecule has 2 aliphatic heterocycles. The van der Waals surface area contributed by atoms with Gasteiger partial charge in [-0.05, 0) is 152 Å². The van der Waals surface area contributed by atoms with Crippen molar-refractivity contribution in [2.24, 2.45) is 0 Å². The van der Waals surface area contributed by atoms with Gasteiger partial charge in [0.05, 0.1) is 33.6 Å². The summed E-state index contributed by atoms with van der Waals surface area (Å²) in [5.74, 6) is -1.16. The number of rotatable bonds is 9. The predicted molar refractivity (Wildman–Crippen MR) is 254 cm³/mol. The Morgan fingerprint density at radius 3 is 1.03 bits per heavy atom. The summed E-state index contributed by atoms with van der Waals surface area (Å²) in [6.07, 6.45) is 0. The quantitative estimate of drug-likeness (QED) is 0.110. The first kappa shape index (κ1) is 40.8. The van der Waals surface area contributed by atoms with E-state index >= 15 is 0 Å². The molecule has 0 aromatic heterocycles. The maximum atomic E-state index is 14.1. The van der Waals surface area contributed by atoms with Crippen molar-refractivity contribution in [3.63, 3.8) is 0 Å². The van der Waals surface area contributed by atoms with Gasteiger partial charge in [-0.1, -0.05) is 108 Å². The van der Waals surface area contributed by atoms with Crippen molar-refractivity contribution in [1.29, 1.82) is 0 Å². The number of fused-ring (bicyclic) bond motifs is 2. The second-order valence-corrected chi connectivity index (χ2v) is 17.5. The lowest BCUT2D eigenvalue weighted by atomic mass is 9.87. The minimum absolute atomic E-state index is 0.0114. The average molecular weight is 829 g/mol. The molecule has 4 amide bonds. The Morgan fingerprint density at radius 2 is 0.619 bits per heavy atom. The number of carbonyl (C=O) groups excluding carboxylic acids is 4. The van der Waals surface area contributed by atoms with Gasteiger partial charge in [0, 0.05) is 11.4 Å². The number of carbonyl (C=O) groups is 4. The largest absolute Gasteiger partial charge is 0.399 e. The van der Waals surface area contributed by atoms with Crippen LogP contribution in [0.1, 0.15) is 117 Å². The fraction of sp³-hybridized carbons (Fsp3) is 0.164. The molecule has 312 valence electrons. The molecule has 2 aliphatic rings. The van der Waals surface area contributed by atoms with E-state index in [-0.39, 0.29) is 41.4 Å². The smallest absolute Gasteiger partial charge is 0.266 e. The molecule has 0 spiro atoms. The highest BCUT2D eigenvalue weighted by Gasteiger charge is 2.40. The van der Waals surface area contributed by atoms with Crippen molar-refractivity contribution in [3.05, 3.63) is 178 Å². The van der Waals surface area contributed by atoms with Crippen LogP contribution < -0.4 is 21.3 Å². The fourth-order valence-corrected chi connectivity index (χ4v) is 8.90. The zero-order valence-corrected chi connectivity index (χ0v) is 36.2. The van der Waals surface area contributed by atoms with Crippen LogP contribution in [0.15, 0.2) is 140 Å². The van der Waals surface area contributed by atoms with E-state index in [0.717, 1.165) is 61.2 Å². The Labute approximate surface area is 367 Å². The van der Waals surface area contributed by atoms with E-state index in [1.165, 1.54) is 9.80 Å². The Hall–Kier alpha value is -7.58. The van der Waals surface area contributed by atoms with Gasteiger partial charge < -0.3 is 11.5 Å². The molecule has 0 unspecified atom stereocenters. The second-order valence-electron chi connectivity index (χ2n) is 17.5. The zero-order chi connectivity index (χ0) is 44.4. The summed E-state index contributed by atoms with van der Waals surface area (Å²) >= 11 is 0. The molecule has 4 N–H and O–H groups in total. The van der Waals surface area contributed by atoms with Gasteiger partial charge in [-0.15, -0.1) is 0 Å². The monoisotopic (exact) mass is 828 g/mol. The van der Waals surface area contributed by atoms with E-state index in [9.17, 15) is 19.2 Å². The summed E-state index contributed by atoms with van der Waals surface area (Å²) < 4.78 is 0. The molecule has 8 heteroatoms. The van der Waals surface area contributed by atoms with Crippen molar-refractivity contribution in [2.75, 3.05) is 21.3 Å². The normalized spacial score (nSPS) is 13.5. The lowest BCUT2D eigenvalue weighted by Crippen LogP contribution is -2.30. The number of benzene rings is 7. The van der Waals surface area contributed by atoms with Crippen molar-refractivity contribution in [3.8, 4) is 44.5 Å². The molecular formula is C55H48N4O4. The molecule has 0 saturated carbocycles. The third-order valence-corrected chi connectivity index (χ3v) is 12.4. The lowest BCUT2D eigenvalue weighted by molar-refractivity contribution is 0.0910. The Balaban J connectivity index is 1.02. The minimum Gasteiger partial charge on any atom is -0.399 e. The number of nitrogens with two attached hydrogens (primary N) is 2. The number of hydrogen-bond acceptors (Lipinski definition) is 6. The lowest BCUT2D eigenvalue weighted by Gasteiger charge is -2.23. The number of amides is 4. The van der Waals surface area contributed by atoms with E-state index in [1.807, 2.05) is 84.9 Å². The predicted octanol–water partition coefficient (Wildman–Crippen LogP) is 12.5. The molecule has 0 atom stereocenters.